The Bertz CT molecular complexity index is 581. The lowest BCUT2D eigenvalue weighted by Crippen LogP contribution is -2.40. The largest absolute Gasteiger partial charge is 0.359 e. The van der Waals surface area contributed by atoms with E-state index in [0.717, 1.165) is 0 Å². The minimum absolute atomic E-state index is 0.104. The maximum Gasteiger partial charge on any atom is 0.227 e. The van der Waals surface area contributed by atoms with Crippen LogP contribution in [0.4, 0.5) is 5.69 Å². The Labute approximate surface area is 118 Å². The second-order valence-electron chi connectivity index (χ2n) is 5.12. The Morgan fingerprint density at radius 3 is 2.40 bits per heavy atom. The van der Waals surface area contributed by atoms with Crippen LogP contribution < -0.4 is 5.32 Å². The van der Waals surface area contributed by atoms with Gasteiger partial charge in [-0.3, -0.25) is 4.79 Å². The lowest BCUT2D eigenvalue weighted by molar-refractivity contribution is -0.120. The molecule has 0 aromatic carbocycles. The standard InChI is InChI=1S/C12H19N3O4S/c1-8-11(9(2)19-14-8)13-12(16)10-4-6-15(7-5-10)20(3,17)18/h10H,4-7H2,1-3H3,(H,13,16). The van der Waals surface area contributed by atoms with E-state index in [9.17, 15) is 13.2 Å². The number of nitrogens with zero attached hydrogens (tertiary/aromatic N) is 2. The lowest BCUT2D eigenvalue weighted by Gasteiger charge is -2.29. The topological polar surface area (TPSA) is 92.5 Å². The molecule has 1 aliphatic rings. The normalized spacial score (nSPS) is 18.1. The predicted octanol–water partition coefficient (Wildman–Crippen LogP) is 0.902. The highest BCUT2D eigenvalue weighted by molar-refractivity contribution is 7.88. The molecule has 0 radical (unpaired) electrons. The Morgan fingerprint density at radius 1 is 1.35 bits per heavy atom. The molecule has 0 bridgehead atoms. The van der Waals surface area contributed by atoms with Crippen molar-refractivity contribution in [1.82, 2.24) is 9.46 Å². The number of carbonyl (C=O) groups is 1. The Morgan fingerprint density at radius 2 is 1.95 bits per heavy atom. The van der Waals surface area contributed by atoms with E-state index in [1.54, 1.807) is 13.8 Å². The summed E-state index contributed by atoms with van der Waals surface area (Å²) in [7, 11) is -3.16. The molecule has 1 aromatic heterocycles. The zero-order chi connectivity index (χ0) is 14.9. The van der Waals surface area contributed by atoms with E-state index in [1.807, 2.05) is 0 Å². The van der Waals surface area contributed by atoms with Crippen LogP contribution in [0.1, 0.15) is 24.3 Å². The van der Waals surface area contributed by atoms with Gasteiger partial charge in [-0.15, -0.1) is 0 Å². The highest BCUT2D eigenvalue weighted by Crippen LogP contribution is 2.23. The quantitative estimate of drug-likeness (QED) is 0.895. The minimum Gasteiger partial charge on any atom is -0.359 e. The SMILES string of the molecule is Cc1noc(C)c1NC(=O)C1CCN(S(C)(=O)=O)CC1. The molecule has 0 spiro atoms. The fraction of sp³-hybridized carbons (Fsp3) is 0.667. The van der Waals surface area contributed by atoms with Crippen LogP contribution in [-0.2, 0) is 14.8 Å². The van der Waals surface area contributed by atoms with Gasteiger partial charge in [-0.2, -0.15) is 0 Å². The van der Waals surface area contributed by atoms with Gasteiger partial charge >= 0.3 is 0 Å². The minimum atomic E-state index is -3.16. The van der Waals surface area contributed by atoms with Gasteiger partial charge in [0.2, 0.25) is 15.9 Å². The molecule has 0 atom stereocenters. The molecule has 1 fully saturated rings. The van der Waals surface area contributed by atoms with Gasteiger partial charge in [-0.25, -0.2) is 12.7 Å². The number of sulfonamides is 1. The zero-order valence-corrected chi connectivity index (χ0v) is 12.7. The van der Waals surface area contributed by atoms with Crippen LogP contribution in [0.15, 0.2) is 4.52 Å². The van der Waals surface area contributed by atoms with Crippen LogP contribution in [0, 0.1) is 19.8 Å². The first-order chi connectivity index (χ1) is 9.29. The molecule has 1 amide bonds. The molecule has 0 aliphatic carbocycles. The summed E-state index contributed by atoms with van der Waals surface area (Å²) in [6, 6.07) is 0. The molecule has 8 heteroatoms. The highest BCUT2D eigenvalue weighted by atomic mass is 32.2. The molecule has 7 nitrogen and oxygen atoms in total. The second kappa shape index (κ2) is 5.53. The van der Waals surface area contributed by atoms with Gasteiger partial charge in [0.1, 0.15) is 11.4 Å². The van der Waals surface area contributed by atoms with E-state index < -0.39 is 10.0 Å². The lowest BCUT2D eigenvalue weighted by atomic mass is 9.97. The van der Waals surface area contributed by atoms with E-state index in [4.69, 9.17) is 4.52 Å². The van der Waals surface area contributed by atoms with E-state index >= 15 is 0 Å². The van der Waals surface area contributed by atoms with Crippen LogP contribution in [-0.4, -0.2) is 43.1 Å². The van der Waals surface area contributed by atoms with E-state index in [2.05, 4.69) is 10.5 Å². The summed E-state index contributed by atoms with van der Waals surface area (Å²) in [5, 5.41) is 6.60. The van der Waals surface area contributed by atoms with Gasteiger partial charge in [-0.1, -0.05) is 5.16 Å². The third-order valence-corrected chi connectivity index (χ3v) is 4.88. The molecule has 1 N–H and O–H groups in total. The molecule has 0 unspecified atom stereocenters. The summed E-state index contributed by atoms with van der Waals surface area (Å²) in [6.45, 7) is 4.28. The van der Waals surface area contributed by atoms with Crippen molar-refractivity contribution in [2.24, 2.45) is 5.92 Å². The first kappa shape index (κ1) is 15.0. The number of hydrogen-bond donors (Lipinski definition) is 1. The average molecular weight is 301 g/mol. The van der Waals surface area contributed by atoms with Crippen molar-refractivity contribution in [3.63, 3.8) is 0 Å². The molecule has 20 heavy (non-hydrogen) atoms. The van der Waals surface area contributed by atoms with E-state index in [0.29, 0.717) is 43.1 Å². The summed E-state index contributed by atoms with van der Waals surface area (Å²) in [5.41, 5.74) is 1.25. The number of carbonyl (C=O) groups excluding carboxylic acids is 1. The van der Waals surface area contributed by atoms with Crippen LogP contribution >= 0.6 is 0 Å². The van der Waals surface area contributed by atoms with Crippen molar-refractivity contribution in [3.8, 4) is 0 Å². The number of nitrogens with one attached hydrogen (secondary N) is 1. The highest BCUT2D eigenvalue weighted by Gasteiger charge is 2.29. The van der Waals surface area contributed by atoms with Crippen LogP contribution in [0.5, 0.6) is 0 Å². The van der Waals surface area contributed by atoms with Crippen molar-refractivity contribution in [2.75, 3.05) is 24.7 Å². The maximum atomic E-state index is 12.2. The third kappa shape index (κ3) is 3.18. The number of amides is 1. The summed E-state index contributed by atoms with van der Waals surface area (Å²) in [6.07, 6.45) is 2.25. The number of rotatable bonds is 3. The Hall–Kier alpha value is -1.41. The van der Waals surface area contributed by atoms with Crippen molar-refractivity contribution in [1.29, 1.82) is 0 Å². The molecular weight excluding hydrogens is 282 g/mol. The summed E-state index contributed by atoms with van der Waals surface area (Å²) in [4.78, 5) is 12.2. The van der Waals surface area contributed by atoms with Crippen molar-refractivity contribution in [3.05, 3.63) is 11.5 Å². The zero-order valence-electron chi connectivity index (χ0n) is 11.8. The monoisotopic (exact) mass is 301 g/mol. The third-order valence-electron chi connectivity index (χ3n) is 3.58. The average Bonchev–Trinajstić information content (AvgIpc) is 2.69. The molecule has 1 aromatic rings. The van der Waals surface area contributed by atoms with Gasteiger partial charge in [0.15, 0.2) is 5.76 Å². The fourth-order valence-corrected chi connectivity index (χ4v) is 3.21. The smallest absolute Gasteiger partial charge is 0.227 e. The second-order valence-corrected chi connectivity index (χ2v) is 7.11. The first-order valence-corrected chi connectivity index (χ1v) is 8.32. The summed E-state index contributed by atoms with van der Waals surface area (Å²) < 4.78 is 29.2. The molecule has 2 rings (SSSR count). The first-order valence-electron chi connectivity index (χ1n) is 6.48. The predicted molar refractivity (Wildman–Crippen MR) is 73.7 cm³/mol. The van der Waals surface area contributed by atoms with Gasteiger partial charge in [0, 0.05) is 19.0 Å². The number of piperidine rings is 1. The van der Waals surface area contributed by atoms with Gasteiger partial charge < -0.3 is 9.84 Å². The van der Waals surface area contributed by atoms with Crippen LogP contribution in [0.2, 0.25) is 0 Å². The van der Waals surface area contributed by atoms with Crippen molar-refractivity contribution < 1.29 is 17.7 Å². The van der Waals surface area contributed by atoms with Gasteiger partial charge in [0.05, 0.1) is 6.26 Å². The number of aromatic nitrogens is 1. The molecular formula is C12H19N3O4S. The van der Waals surface area contributed by atoms with Crippen LogP contribution in [0.3, 0.4) is 0 Å². The summed E-state index contributed by atoms with van der Waals surface area (Å²) >= 11 is 0. The maximum absolute atomic E-state index is 12.2. The molecule has 0 saturated carbocycles. The number of aryl methyl sites for hydroxylation is 2. The van der Waals surface area contributed by atoms with Crippen molar-refractivity contribution in [2.45, 2.75) is 26.7 Å². The molecule has 2 heterocycles. The Kier molecular flexibility index (Phi) is 4.14. The van der Waals surface area contributed by atoms with Gasteiger partial charge in [0.25, 0.3) is 0 Å². The molecule has 112 valence electrons. The fourth-order valence-electron chi connectivity index (χ4n) is 2.34. The van der Waals surface area contributed by atoms with E-state index in [-0.39, 0.29) is 11.8 Å². The number of hydrogen-bond acceptors (Lipinski definition) is 5. The molecule has 1 saturated heterocycles. The Balaban J connectivity index is 1.96. The summed E-state index contributed by atoms with van der Waals surface area (Å²) in [5.74, 6) is 0.290. The van der Waals surface area contributed by atoms with E-state index in [1.165, 1.54) is 10.6 Å². The van der Waals surface area contributed by atoms with Crippen LogP contribution in [0.25, 0.3) is 0 Å². The van der Waals surface area contributed by atoms with Gasteiger partial charge in [-0.05, 0) is 26.7 Å². The van der Waals surface area contributed by atoms with Crippen molar-refractivity contribution >= 4 is 21.6 Å². The number of anilines is 1. The molecule has 1 aliphatic heterocycles.